The smallest absolute Gasteiger partial charge is 0.130 e. The Morgan fingerprint density at radius 2 is 1.95 bits per heavy atom. The minimum atomic E-state index is -0.511. The average molecular weight is 298 g/mol. The summed E-state index contributed by atoms with van der Waals surface area (Å²) in [4.78, 5) is 0. The highest BCUT2D eigenvalue weighted by Gasteiger charge is 2.11. The Balaban J connectivity index is 2.20. The number of rotatable bonds is 4. The molecule has 0 saturated heterocycles. The normalized spacial score (nSPS) is 12.2. The highest BCUT2D eigenvalue weighted by molar-refractivity contribution is 6.30. The summed E-state index contributed by atoms with van der Waals surface area (Å²) in [6.07, 6.45) is 0. The molecule has 0 aliphatic heterocycles. The number of nitrogens with two attached hydrogens (primary N) is 1. The van der Waals surface area contributed by atoms with Crippen molar-refractivity contribution in [3.63, 3.8) is 0 Å². The van der Waals surface area contributed by atoms with Gasteiger partial charge in [-0.3, -0.25) is 0 Å². The second-order valence-corrected chi connectivity index (χ2v) is 4.93. The molecule has 2 aromatic rings. The molecule has 0 spiro atoms. The van der Waals surface area contributed by atoms with E-state index < -0.39 is 11.6 Å². The van der Waals surface area contributed by atoms with Gasteiger partial charge >= 0.3 is 0 Å². The molecular weight excluding hydrogens is 284 g/mol. The van der Waals surface area contributed by atoms with Crippen LogP contribution in [0, 0.1) is 11.6 Å². The fourth-order valence-corrected chi connectivity index (χ4v) is 2.00. The Bertz CT molecular complexity index is 617. The number of hydrogen-bond acceptors (Lipinski definition) is 2. The number of benzene rings is 2. The summed E-state index contributed by atoms with van der Waals surface area (Å²) in [7, 11) is 0. The number of halogens is 3. The molecule has 0 aliphatic rings. The summed E-state index contributed by atoms with van der Waals surface area (Å²) < 4.78 is 32.1. The van der Waals surface area contributed by atoms with Crippen molar-refractivity contribution < 1.29 is 13.5 Å². The van der Waals surface area contributed by atoms with Crippen LogP contribution < -0.4 is 10.5 Å². The third-order valence-electron chi connectivity index (χ3n) is 2.85. The van der Waals surface area contributed by atoms with Crippen molar-refractivity contribution in [1.29, 1.82) is 0 Å². The number of ether oxygens (including phenoxy) is 1. The van der Waals surface area contributed by atoms with E-state index in [9.17, 15) is 8.78 Å². The maximum atomic E-state index is 13.5. The molecule has 0 amide bonds. The van der Waals surface area contributed by atoms with Crippen LogP contribution in [-0.4, -0.2) is 0 Å². The van der Waals surface area contributed by atoms with Gasteiger partial charge in [0, 0.05) is 22.2 Å². The second kappa shape index (κ2) is 6.20. The van der Waals surface area contributed by atoms with Crippen molar-refractivity contribution in [2.45, 2.75) is 19.6 Å². The lowest BCUT2D eigenvalue weighted by molar-refractivity contribution is 0.294. The van der Waals surface area contributed by atoms with E-state index in [1.165, 1.54) is 0 Å². The largest absolute Gasteiger partial charge is 0.488 e. The summed E-state index contributed by atoms with van der Waals surface area (Å²) in [5.41, 5.74) is 6.70. The van der Waals surface area contributed by atoms with Gasteiger partial charge in [-0.2, -0.15) is 0 Å². The van der Waals surface area contributed by atoms with Gasteiger partial charge in [-0.05, 0) is 43.3 Å². The predicted molar refractivity (Wildman–Crippen MR) is 74.7 cm³/mol. The number of hydrogen-bond donors (Lipinski definition) is 1. The average Bonchev–Trinajstić information content (AvgIpc) is 2.40. The predicted octanol–water partition coefficient (Wildman–Crippen LogP) is 4.22. The highest BCUT2D eigenvalue weighted by atomic mass is 35.5. The van der Waals surface area contributed by atoms with Gasteiger partial charge in [-0.1, -0.05) is 11.6 Å². The molecule has 0 saturated carbocycles. The van der Waals surface area contributed by atoms with E-state index in [1.54, 1.807) is 25.1 Å². The van der Waals surface area contributed by atoms with Gasteiger partial charge in [-0.15, -0.1) is 0 Å². The quantitative estimate of drug-likeness (QED) is 0.917. The van der Waals surface area contributed by atoms with Crippen molar-refractivity contribution in [2.75, 3.05) is 0 Å². The van der Waals surface area contributed by atoms with E-state index in [0.717, 1.165) is 18.2 Å². The van der Waals surface area contributed by atoms with Crippen LogP contribution in [0.25, 0.3) is 0 Å². The van der Waals surface area contributed by atoms with Crippen LogP contribution in [0.3, 0.4) is 0 Å². The van der Waals surface area contributed by atoms with E-state index in [-0.39, 0.29) is 18.2 Å². The molecule has 2 rings (SSSR count). The molecule has 0 aliphatic carbocycles. The first-order valence-electron chi connectivity index (χ1n) is 6.09. The van der Waals surface area contributed by atoms with Gasteiger partial charge in [0.15, 0.2) is 0 Å². The summed E-state index contributed by atoms with van der Waals surface area (Å²) in [5.74, 6) is -0.510. The van der Waals surface area contributed by atoms with Crippen molar-refractivity contribution in [1.82, 2.24) is 0 Å². The van der Waals surface area contributed by atoms with Crippen LogP contribution in [-0.2, 0) is 6.61 Å². The molecular formula is C15H14ClF2NO. The van der Waals surface area contributed by atoms with Gasteiger partial charge in [0.1, 0.15) is 24.0 Å². The Labute approximate surface area is 121 Å². The monoisotopic (exact) mass is 297 g/mol. The standard InChI is InChI=1S/C15H14ClF2NO/c1-9(19)13-7-11(16)2-5-15(13)20-8-10-6-12(17)3-4-14(10)18/h2-7,9H,8,19H2,1H3/t9-/m1/s1. The molecule has 2 nitrogen and oxygen atoms in total. The molecule has 0 bridgehead atoms. The zero-order valence-corrected chi connectivity index (χ0v) is 11.6. The van der Waals surface area contributed by atoms with Crippen LogP contribution in [0.1, 0.15) is 24.1 Å². The van der Waals surface area contributed by atoms with Gasteiger partial charge < -0.3 is 10.5 Å². The first kappa shape index (κ1) is 14.8. The highest BCUT2D eigenvalue weighted by Crippen LogP contribution is 2.28. The molecule has 0 aromatic heterocycles. The molecule has 1 atom stereocenters. The van der Waals surface area contributed by atoms with Crippen LogP contribution in [0.5, 0.6) is 5.75 Å². The van der Waals surface area contributed by atoms with Gasteiger partial charge in [0.05, 0.1) is 0 Å². The fraction of sp³-hybridized carbons (Fsp3) is 0.200. The van der Waals surface area contributed by atoms with Crippen molar-refractivity contribution in [3.8, 4) is 5.75 Å². The van der Waals surface area contributed by atoms with Crippen molar-refractivity contribution >= 4 is 11.6 Å². The van der Waals surface area contributed by atoms with E-state index in [4.69, 9.17) is 22.1 Å². The summed E-state index contributed by atoms with van der Waals surface area (Å²) in [5, 5.41) is 0.543. The summed E-state index contributed by atoms with van der Waals surface area (Å²) in [6, 6.07) is 7.99. The molecule has 0 radical (unpaired) electrons. The van der Waals surface area contributed by atoms with E-state index in [2.05, 4.69) is 0 Å². The van der Waals surface area contributed by atoms with Crippen LogP contribution in [0.15, 0.2) is 36.4 Å². The Morgan fingerprint density at radius 3 is 2.65 bits per heavy atom. The lowest BCUT2D eigenvalue weighted by atomic mass is 10.1. The zero-order valence-electron chi connectivity index (χ0n) is 10.9. The van der Waals surface area contributed by atoms with Gasteiger partial charge in [0.25, 0.3) is 0 Å². The van der Waals surface area contributed by atoms with Crippen LogP contribution in [0.2, 0.25) is 5.02 Å². The molecule has 2 aromatic carbocycles. The van der Waals surface area contributed by atoms with Crippen LogP contribution >= 0.6 is 11.6 Å². The minimum Gasteiger partial charge on any atom is -0.488 e. The Hall–Kier alpha value is -1.65. The summed E-state index contributed by atoms with van der Waals surface area (Å²) in [6.45, 7) is 1.71. The maximum absolute atomic E-state index is 13.5. The third kappa shape index (κ3) is 3.46. The lowest BCUT2D eigenvalue weighted by Crippen LogP contribution is -2.08. The Morgan fingerprint density at radius 1 is 1.20 bits per heavy atom. The SMILES string of the molecule is C[C@@H](N)c1cc(Cl)ccc1OCc1cc(F)ccc1F. The maximum Gasteiger partial charge on any atom is 0.130 e. The zero-order chi connectivity index (χ0) is 14.7. The van der Waals surface area contributed by atoms with E-state index in [0.29, 0.717) is 16.3 Å². The molecule has 5 heteroatoms. The first-order valence-corrected chi connectivity index (χ1v) is 6.47. The molecule has 0 heterocycles. The van der Waals surface area contributed by atoms with Gasteiger partial charge in [0.2, 0.25) is 0 Å². The van der Waals surface area contributed by atoms with E-state index >= 15 is 0 Å². The van der Waals surface area contributed by atoms with E-state index in [1.807, 2.05) is 0 Å². The first-order chi connectivity index (χ1) is 9.47. The topological polar surface area (TPSA) is 35.2 Å². The molecule has 2 N–H and O–H groups in total. The van der Waals surface area contributed by atoms with Crippen LogP contribution in [0.4, 0.5) is 8.78 Å². The molecule has 20 heavy (non-hydrogen) atoms. The Kier molecular flexibility index (Phi) is 4.57. The fourth-order valence-electron chi connectivity index (χ4n) is 1.82. The van der Waals surface area contributed by atoms with Crippen molar-refractivity contribution in [3.05, 3.63) is 64.2 Å². The van der Waals surface area contributed by atoms with Crippen molar-refractivity contribution in [2.24, 2.45) is 5.73 Å². The molecule has 0 fully saturated rings. The third-order valence-corrected chi connectivity index (χ3v) is 3.09. The second-order valence-electron chi connectivity index (χ2n) is 4.50. The molecule has 106 valence electrons. The molecule has 0 unspecified atom stereocenters. The minimum absolute atomic E-state index is 0.0784. The van der Waals surface area contributed by atoms with Gasteiger partial charge in [-0.25, -0.2) is 8.78 Å². The summed E-state index contributed by atoms with van der Waals surface area (Å²) >= 11 is 5.90. The lowest BCUT2D eigenvalue weighted by Gasteiger charge is -2.14.